The van der Waals surface area contributed by atoms with Crippen molar-refractivity contribution in [3.63, 3.8) is 0 Å². The third kappa shape index (κ3) is 4.48. The number of nitrogens with zero attached hydrogens (tertiary/aromatic N) is 1. The monoisotopic (exact) mass is 515 g/mol. The summed E-state index contributed by atoms with van der Waals surface area (Å²) in [5, 5.41) is 26.3. The highest BCUT2D eigenvalue weighted by Crippen LogP contribution is 2.69. The van der Waals surface area contributed by atoms with Crippen molar-refractivity contribution in [2.75, 3.05) is 6.61 Å². The average molecular weight is 516 g/mol. The zero-order valence-corrected chi connectivity index (χ0v) is 23.6. The minimum absolute atomic E-state index is 0.195. The highest BCUT2D eigenvalue weighted by atomic mass is 16.5. The molecule has 6 nitrogen and oxygen atoms in total. The molecule has 0 radical (unpaired) electrons. The molecule has 11 atom stereocenters. The molecule has 0 aromatic carbocycles. The van der Waals surface area contributed by atoms with Crippen LogP contribution in [0.2, 0.25) is 0 Å². The quantitative estimate of drug-likeness (QED) is 0.430. The fourth-order valence-corrected chi connectivity index (χ4v) is 10.2. The maximum Gasteiger partial charge on any atom is 0.360 e. The van der Waals surface area contributed by atoms with E-state index >= 15 is 0 Å². The zero-order chi connectivity index (χ0) is 26.5. The van der Waals surface area contributed by atoms with Gasteiger partial charge >= 0.3 is 5.97 Å². The van der Waals surface area contributed by atoms with E-state index in [1.807, 2.05) is 0 Å². The van der Waals surface area contributed by atoms with Crippen molar-refractivity contribution in [1.29, 1.82) is 0 Å². The van der Waals surface area contributed by atoms with Gasteiger partial charge in [0.25, 0.3) is 0 Å². The first-order valence-corrected chi connectivity index (χ1v) is 15.1. The number of esters is 1. The third-order valence-corrected chi connectivity index (χ3v) is 12.0. The predicted octanol–water partition coefficient (Wildman–Crippen LogP) is 6.05. The molecule has 4 saturated carbocycles. The molecule has 0 spiro atoms. The number of carbonyl (C=O) groups excluding carboxylic acids is 1. The van der Waals surface area contributed by atoms with E-state index < -0.39 is 5.97 Å². The number of carbonyl (C=O) groups is 1. The van der Waals surface area contributed by atoms with Gasteiger partial charge in [0.1, 0.15) is 5.76 Å². The number of aryl methyl sites for hydroxylation is 1. The first kappa shape index (κ1) is 27.2. The van der Waals surface area contributed by atoms with Crippen molar-refractivity contribution in [3.8, 4) is 0 Å². The number of hydrogen-bond donors (Lipinski definition) is 2. The van der Waals surface area contributed by atoms with Gasteiger partial charge in [0, 0.05) is 12.5 Å². The van der Waals surface area contributed by atoms with Crippen LogP contribution in [-0.4, -0.2) is 40.2 Å². The van der Waals surface area contributed by atoms with Crippen molar-refractivity contribution in [2.45, 2.75) is 111 Å². The molecular formula is C31H49NO5. The Labute approximate surface area is 222 Å². The van der Waals surface area contributed by atoms with Crippen LogP contribution in [-0.2, 0) is 11.2 Å². The molecule has 5 rings (SSSR count). The summed E-state index contributed by atoms with van der Waals surface area (Å²) in [7, 11) is 0. The second-order valence-electron chi connectivity index (χ2n) is 13.5. The van der Waals surface area contributed by atoms with Crippen LogP contribution in [0.4, 0.5) is 0 Å². The number of fused-ring (bicyclic) bond motifs is 5. The molecule has 0 bridgehead atoms. The van der Waals surface area contributed by atoms with E-state index in [9.17, 15) is 15.0 Å². The molecular weight excluding hydrogens is 466 g/mol. The van der Waals surface area contributed by atoms with E-state index in [0.717, 1.165) is 44.3 Å². The highest BCUT2D eigenvalue weighted by Gasteiger charge is 2.64. The second-order valence-corrected chi connectivity index (χ2v) is 13.5. The van der Waals surface area contributed by atoms with Crippen molar-refractivity contribution >= 4 is 5.97 Å². The van der Waals surface area contributed by atoms with Crippen molar-refractivity contribution in [3.05, 3.63) is 17.5 Å². The van der Waals surface area contributed by atoms with E-state index in [4.69, 9.17) is 9.26 Å². The summed E-state index contributed by atoms with van der Waals surface area (Å²) in [5.41, 5.74) is 0.765. The van der Waals surface area contributed by atoms with Gasteiger partial charge in [0.2, 0.25) is 0 Å². The summed E-state index contributed by atoms with van der Waals surface area (Å²) in [6.45, 7) is 11.8. The number of aliphatic hydroxyl groups is 2. The summed E-state index contributed by atoms with van der Waals surface area (Å²) < 4.78 is 10.5. The Morgan fingerprint density at radius 1 is 1.11 bits per heavy atom. The van der Waals surface area contributed by atoms with Gasteiger partial charge in [-0.2, -0.15) is 0 Å². The number of hydrogen-bond acceptors (Lipinski definition) is 6. The minimum atomic E-state index is -0.423. The van der Waals surface area contributed by atoms with E-state index in [-0.39, 0.29) is 28.7 Å². The van der Waals surface area contributed by atoms with Crippen LogP contribution in [0.5, 0.6) is 0 Å². The minimum Gasteiger partial charge on any atom is -0.461 e. The van der Waals surface area contributed by atoms with E-state index in [1.165, 1.54) is 25.7 Å². The van der Waals surface area contributed by atoms with Crippen LogP contribution in [0, 0.1) is 52.3 Å². The molecule has 1 heterocycles. The van der Waals surface area contributed by atoms with Crippen LogP contribution in [0.3, 0.4) is 0 Å². The maximum atomic E-state index is 11.9. The molecule has 4 fully saturated rings. The first-order chi connectivity index (χ1) is 17.6. The molecule has 2 N–H and O–H groups in total. The largest absolute Gasteiger partial charge is 0.461 e. The highest BCUT2D eigenvalue weighted by molar-refractivity contribution is 5.87. The second kappa shape index (κ2) is 10.3. The predicted molar refractivity (Wildman–Crippen MR) is 142 cm³/mol. The van der Waals surface area contributed by atoms with Gasteiger partial charge in [0.05, 0.1) is 18.8 Å². The molecule has 0 amide bonds. The van der Waals surface area contributed by atoms with Gasteiger partial charge in [-0.05, 0) is 111 Å². The summed E-state index contributed by atoms with van der Waals surface area (Å²) >= 11 is 0. The number of ether oxygens (including phenoxy) is 1. The molecule has 1 aromatic rings. The van der Waals surface area contributed by atoms with E-state index in [1.54, 1.807) is 13.0 Å². The smallest absolute Gasteiger partial charge is 0.360 e. The van der Waals surface area contributed by atoms with Gasteiger partial charge in [0.15, 0.2) is 5.69 Å². The van der Waals surface area contributed by atoms with Gasteiger partial charge < -0.3 is 19.5 Å². The Balaban J connectivity index is 1.30. The Morgan fingerprint density at radius 2 is 1.84 bits per heavy atom. The molecule has 1 aromatic heterocycles. The summed E-state index contributed by atoms with van der Waals surface area (Å²) in [6.07, 6.45) is 10.2. The van der Waals surface area contributed by atoms with Gasteiger partial charge in [-0.15, -0.1) is 0 Å². The molecule has 0 saturated heterocycles. The van der Waals surface area contributed by atoms with Crippen LogP contribution in [0.1, 0.15) is 109 Å². The lowest BCUT2D eigenvalue weighted by atomic mass is 9.41. The summed E-state index contributed by atoms with van der Waals surface area (Å²) in [4.78, 5) is 11.9. The molecule has 0 aliphatic heterocycles. The Hall–Kier alpha value is -1.40. The summed E-state index contributed by atoms with van der Waals surface area (Å²) in [6, 6.07) is 1.73. The molecule has 208 valence electrons. The lowest BCUT2D eigenvalue weighted by Crippen LogP contribution is -2.62. The normalized spacial score (nSPS) is 44.0. The third-order valence-electron chi connectivity index (χ3n) is 12.0. The molecule has 4 aliphatic carbocycles. The van der Waals surface area contributed by atoms with Gasteiger partial charge in [-0.25, -0.2) is 4.79 Å². The van der Waals surface area contributed by atoms with Crippen LogP contribution < -0.4 is 0 Å². The molecule has 37 heavy (non-hydrogen) atoms. The van der Waals surface area contributed by atoms with Crippen LogP contribution in [0.15, 0.2) is 10.6 Å². The average Bonchev–Trinajstić information content (AvgIpc) is 3.48. The fourth-order valence-electron chi connectivity index (χ4n) is 10.2. The Kier molecular flexibility index (Phi) is 7.56. The first-order valence-electron chi connectivity index (χ1n) is 15.1. The lowest BCUT2D eigenvalue weighted by Gasteiger charge is -2.64. The number of aliphatic hydroxyl groups excluding tert-OH is 2. The summed E-state index contributed by atoms with van der Waals surface area (Å²) in [5.74, 6) is 3.80. The molecule has 6 heteroatoms. The van der Waals surface area contributed by atoms with Gasteiger partial charge in [-0.3, -0.25) is 0 Å². The standard InChI is InChI=1S/C31H49NO5/c1-6-21-25-16-19(33)12-14-31(25,5)24-13-15-30(4)22(10-11-23(30)27(24)28(21)34)18(3)8-9-20-17-26(32-37-20)29(35)36-7-2/h17-19,21-25,27-28,33-34H,6-16H2,1-5H3/t18-,19-,21-,22-,23+,24+,25+,27+,28-,30-,31-/m1/s1. The van der Waals surface area contributed by atoms with Crippen LogP contribution >= 0.6 is 0 Å². The Bertz CT molecular complexity index is 961. The lowest BCUT2D eigenvalue weighted by molar-refractivity contribution is -0.203. The van der Waals surface area contributed by atoms with Crippen molar-refractivity contribution in [2.24, 2.45) is 52.3 Å². The molecule has 4 aliphatic rings. The molecule has 0 unspecified atom stereocenters. The van der Waals surface area contributed by atoms with E-state index in [2.05, 4.69) is 32.9 Å². The zero-order valence-electron chi connectivity index (χ0n) is 23.6. The maximum absolute atomic E-state index is 11.9. The van der Waals surface area contributed by atoms with Gasteiger partial charge in [-0.1, -0.05) is 39.3 Å². The number of aromatic nitrogens is 1. The van der Waals surface area contributed by atoms with Crippen molar-refractivity contribution < 1.29 is 24.3 Å². The topological polar surface area (TPSA) is 92.8 Å². The van der Waals surface area contributed by atoms with Crippen molar-refractivity contribution in [1.82, 2.24) is 5.16 Å². The fraction of sp³-hybridized carbons (Fsp3) is 0.871. The number of rotatable bonds is 7. The van der Waals surface area contributed by atoms with Crippen LogP contribution in [0.25, 0.3) is 0 Å². The SMILES string of the molecule is CCOC(=O)c1cc(CC[C@@H](C)[C@H]2CC[C@H]3[C@@H]4[C@H](O)[C@H](CC)[C@@H]5C[C@H](O)CC[C@]5(C)[C@H]4CC[C@]23C)on1. The Morgan fingerprint density at radius 3 is 2.57 bits per heavy atom. The van der Waals surface area contributed by atoms with E-state index in [0.29, 0.717) is 48.0 Å².